The first-order valence-corrected chi connectivity index (χ1v) is 12.2. The summed E-state index contributed by atoms with van der Waals surface area (Å²) < 4.78 is 7.62. The zero-order valence-corrected chi connectivity index (χ0v) is 21.5. The third kappa shape index (κ3) is 3.79. The standard InChI is InChI=1S/C30H33N3O2/c1-19-11-12-24(22-9-7-10-23(18-22)35-6)25(15-19)28(34)33-14-8-13-30(33,4)29-31-26-16-20(2)21(3)17-27(26)32(29)5/h7,9-12,15-18H,8,13-14H2,1-6H3. The third-order valence-electron chi connectivity index (χ3n) is 7.65. The zero-order valence-electron chi connectivity index (χ0n) is 21.5. The first kappa shape index (κ1) is 23.2. The van der Waals surface area contributed by atoms with Gasteiger partial charge in [-0.25, -0.2) is 4.98 Å². The number of carbonyl (C=O) groups is 1. The largest absolute Gasteiger partial charge is 0.497 e. The van der Waals surface area contributed by atoms with E-state index in [9.17, 15) is 4.79 Å². The topological polar surface area (TPSA) is 47.4 Å². The van der Waals surface area contributed by atoms with Crippen LogP contribution in [0.1, 0.15) is 52.6 Å². The van der Waals surface area contributed by atoms with Crippen LogP contribution in [0.25, 0.3) is 22.2 Å². The number of hydrogen-bond acceptors (Lipinski definition) is 3. The first-order chi connectivity index (χ1) is 16.7. The molecule has 5 rings (SSSR count). The van der Waals surface area contributed by atoms with Gasteiger partial charge in [0.25, 0.3) is 5.91 Å². The van der Waals surface area contributed by atoms with Gasteiger partial charge in [-0.2, -0.15) is 0 Å². The van der Waals surface area contributed by atoms with Gasteiger partial charge in [0.05, 0.1) is 23.7 Å². The summed E-state index contributed by atoms with van der Waals surface area (Å²) in [5.41, 5.74) is 7.77. The van der Waals surface area contributed by atoms with E-state index in [2.05, 4.69) is 50.6 Å². The van der Waals surface area contributed by atoms with Crippen molar-refractivity contribution in [3.05, 3.63) is 82.7 Å². The Labute approximate surface area is 207 Å². The Morgan fingerprint density at radius 1 is 1.03 bits per heavy atom. The van der Waals surface area contributed by atoms with E-state index in [1.807, 2.05) is 48.2 Å². The van der Waals surface area contributed by atoms with Gasteiger partial charge < -0.3 is 14.2 Å². The highest BCUT2D eigenvalue weighted by Gasteiger charge is 2.45. The molecule has 5 heteroatoms. The van der Waals surface area contributed by atoms with Crippen molar-refractivity contribution in [3.8, 4) is 16.9 Å². The number of amides is 1. The molecule has 0 saturated carbocycles. The normalized spacial score (nSPS) is 17.8. The number of hydrogen-bond donors (Lipinski definition) is 0. The highest BCUT2D eigenvalue weighted by atomic mass is 16.5. The Hall–Kier alpha value is -3.60. The fourth-order valence-electron chi connectivity index (χ4n) is 5.47. The summed E-state index contributed by atoms with van der Waals surface area (Å²) in [4.78, 5) is 21.3. The van der Waals surface area contributed by atoms with Gasteiger partial charge in [-0.1, -0.05) is 29.8 Å². The second-order valence-electron chi connectivity index (χ2n) is 10.0. The van der Waals surface area contributed by atoms with Crippen molar-refractivity contribution in [2.75, 3.05) is 13.7 Å². The summed E-state index contributed by atoms with van der Waals surface area (Å²) in [6.45, 7) is 9.16. The van der Waals surface area contributed by atoms with Crippen LogP contribution in [-0.4, -0.2) is 34.0 Å². The van der Waals surface area contributed by atoms with Crippen LogP contribution in [-0.2, 0) is 12.6 Å². The molecule has 1 fully saturated rings. The van der Waals surface area contributed by atoms with Crippen LogP contribution in [0.3, 0.4) is 0 Å². The fourth-order valence-corrected chi connectivity index (χ4v) is 5.47. The maximum absolute atomic E-state index is 14.2. The van der Waals surface area contributed by atoms with Crippen molar-refractivity contribution in [3.63, 3.8) is 0 Å². The van der Waals surface area contributed by atoms with Crippen molar-refractivity contribution in [1.82, 2.24) is 14.5 Å². The summed E-state index contributed by atoms with van der Waals surface area (Å²) in [5.74, 6) is 1.77. The SMILES string of the molecule is COc1cccc(-c2ccc(C)cc2C(=O)N2CCCC2(C)c2nc3cc(C)c(C)cc3n2C)c1. The van der Waals surface area contributed by atoms with Gasteiger partial charge in [0.1, 0.15) is 11.6 Å². The molecule has 1 aliphatic rings. The second kappa shape index (κ2) is 8.56. The molecule has 1 saturated heterocycles. The summed E-state index contributed by atoms with van der Waals surface area (Å²) in [6, 6.07) is 18.4. The lowest BCUT2D eigenvalue weighted by atomic mass is 9.93. The fraction of sp³-hybridized carbons (Fsp3) is 0.333. The summed E-state index contributed by atoms with van der Waals surface area (Å²) in [5, 5.41) is 0. The summed E-state index contributed by atoms with van der Waals surface area (Å²) in [7, 11) is 3.73. The number of rotatable bonds is 4. The Balaban J connectivity index is 1.61. The van der Waals surface area contributed by atoms with Gasteiger partial charge >= 0.3 is 0 Å². The molecule has 1 aromatic heterocycles. The molecular weight excluding hydrogens is 434 g/mol. The predicted molar refractivity (Wildman–Crippen MR) is 141 cm³/mol. The number of ether oxygens (including phenoxy) is 1. The van der Waals surface area contributed by atoms with E-state index in [1.165, 1.54) is 11.1 Å². The number of likely N-dealkylation sites (tertiary alicyclic amines) is 1. The Kier molecular flexibility index (Phi) is 5.66. The van der Waals surface area contributed by atoms with E-state index in [0.717, 1.165) is 57.7 Å². The van der Waals surface area contributed by atoms with Crippen LogP contribution in [0.2, 0.25) is 0 Å². The molecular formula is C30H33N3O2. The van der Waals surface area contributed by atoms with E-state index in [-0.39, 0.29) is 5.91 Å². The van der Waals surface area contributed by atoms with Crippen molar-refractivity contribution in [2.45, 2.75) is 46.1 Å². The number of nitrogens with zero attached hydrogens (tertiary/aromatic N) is 3. The highest BCUT2D eigenvalue weighted by molar-refractivity contribution is 6.01. The molecule has 2 heterocycles. The van der Waals surface area contributed by atoms with Crippen LogP contribution >= 0.6 is 0 Å². The minimum Gasteiger partial charge on any atom is -0.497 e. The molecule has 1 aliphatic heterocycles. The average molecular weight is 468 g/mol. The smallest absolute Gasteiger partial charge is 0.255 e. The van der Waals surface area contributed by atoms with Crippen LogP contribution in [0.5, 0.6) is 5.75 Å². The average Bonchev–Trinajstić information content (AvgIpc) is 3.39. The lowest BCUT2D eigenvalue weighted by Crippen LogP contribution is -2.44. The molecule has 0 spiro atoms. The van der Waals surface area contributed by atoms with E-state index in [1.54, 1.807) is 7.11 Å². The minimum atomic E-state index is -0.484. The minimum absolute atomic E-state index is 0.0472. The number of carbonyl (C=O) groups excluding carboxylic acids is 1. The Morgan fingerprint density at radius 2 is 1.80 bits per heavy atom. The molecule has 0 N–H and O–H groups in total. The lowest BCUT2D eigenvalue weighted by Gasteiger charge is -2.35. The highest BCUT2D eigenvalue weighted by Crippen LogP contribution is 2.41. The van der Waals surface area contributed by atoms with E-state index in [4.69, 9.17) is 9.72 Å². The van der Waals surface area contributed by atoms with Gasteiger partial charge in [-0.15, -0.1) is 0 Å². The second-order valence-corrected chi connectivity index (χ2v) is 10.0. The maximum Gasteiger partial charge on any atom is 0.255 e. The van der Waals surface area contributed by atoms with Crippen LogP contribution in [0.4, 0.5) is 0 Å². The van der Waals surface area contributed by atoms with Crippen molar-refractivity contribution in [1.29, 1.82) is 0 Å². The molecule has 5 nitrogen and oxygen atoms in total. The van der Waals surface area contributed by atoms with Crippen molar-refractivity contribution >= 4 is 16.9 Å². The number of aryl methyl sites for hydroxylation is 4. The Morgan fingerprint density at radius 3 is 2.57 bits per heavy atom. The summed E-state index contributed by atoms with van der Waals surface area (Å²) >= 11 is 0. The molecule has 1 unspecified atom stereocenters. The molecule has 4 aromatic rings. The third-order valence-corrected chi connectivity index (χ3v) is 7.65. The first-order valence-electron chi connectivity index (χ1n) is 12.2. The summed E-state index contributed by atoms with van der Waals surface area (Å²) in [6.07, 6.45) is 1.83. The number of imidazole rings is 1. The lowest BCUT2D eigenvalue weighted by molar-refractivity contribution is 0.0601. The van der Waals surface area contributed by atoms with E-state index >= 15 is 0 Å². The molecule has 0 bridgehead atoms. The zero-order chi connectivity index (χ0) is 24.9. The van der Waals surface area contributed by atoms with Gasteiger partial charge in [-0.05, 0) is 93.1 Å². The monoisotopic (exact) mass is 467 g/mol. The van der Waals surface area contributed by atoms with Crippen LogP contribution in [0.15, 0.2) is 54.6 Å². The molecule has 35 heavy (non-hydrogen) atoms. The van der Waals surface area contributed by atoms with Gasteiger partial charge in [-0.3, -0.25) is 4.79 Å². The number of aromatic nitrogens is 2. The molecule has 0 aliphatic carbocycles. The molecule has 3 aromatic carbocycles. The molecule has 1 atom stereocenters. The maximum atomic E-state index is 14.2. The predicted octanol–water partition coefficient (Wildman–Crippen LogP) is 6.33. The molecule has 0 radical (unpaired) electrons. The van der Waals surface area contributed by atoms with E-state index in [0.29, 0.717) is 6.54 Å². The van der Waals surface area contributed by atoms with Gasteiger partial charge in [0, 0.05) is 19.2 Å². The number of methoxy groups -OCH3 is 1. The van der Waals surface area contributed by atoms with Crippen molar-refractivity contribution < 1.29 is 9.53 Å². The quantitative estimate of drug-likeness (QED) is 0.353. The van der Waals surface area contributed by atoms with Gasteiger partial charge in [0.2, 0.25) is 0 Å². The van der Waals surface area contributed by atoms with Crippen LogP contribution in [0, 0.1) is 20.8 Å². The van der Waals surface area contributed by atoms with Gasteiger partial charge in [0.15, 0.2) is 0 Å². The molecule has 180 valence electrons. The van der Waals surface area contributed by atoms with Crippen LogP contribution < -0.4 is 4.74 Å². The molecule has 1 amide bonds. The van der Waals surface area contributed by atoms with Crippen molar-refractivity contribution in [2.24, 2.45) is 7.05 Å². The Bertz CT molecular complexity index is 1450. The number of benzene rings is 3. The van der Waals surface area contributed by atoms with E-state index < -0.39 is 5.54 Å². The number of fused-ring (bicyclic) bond motifs is 1.